The van der Waals surface area contributed by atoms with E-state index in [-0.39, 0.29) is 0 Å². The fourth-order valence-corrected chi connectivity index (χ4v) is 10.8. The van der Waals surface area contributed by atoms with E-state index in [0.29, 0.717) is 4.58 Å². The highest BCUT2D eigenvalue weighted by molar-refractivity contribution is 8.47. The summed E-state index contributed by atoms with van der Waals surface area (Å²) in [6.45, 7) is 0. The molecular weight excluding hydrogens is 262 g/mol. The van der Waals surface area contributed by atoms with Crippen LogP contribution in [0.15, 0.2) is 28.7 Å². The van der Waals surface area contributed by atoms with Gasteiger partial charge in [0.15, 0.2) is 5.58 Å². The van der Waals surface area contributed by atoms with Crippen molar-refractivity contribution in [1.29, 1.82) is 0 Å². The zero-order valence-electron chi connectivity index (χ0n) is 12.1. The third kappa shape index (κ3) is 2.69. The van der Waals surface area contributed by atoms with Crippen LogP contribution in [-0.4, -0.2) is 42.5 Å². The molecule has 1 heterocycles. The summed E-state index contributed by atoms with van der Waals surface area (Å²) >= 11 is 0. The number of nitrogens with zero attached hydrogens (tertiary/aromatic N) is 1. The molecule has 0 atom stereocenters. The minimum Gasteiger partial charge on any atom is -0.439 e. The van der Waals surface area contributed by atoms with Crippen LogP contribution in [0.25, 0.3) is 11.1 Å². The minimum atomic E-state index is -0.743. The second-order valence-electron chi connectivity index (χ2n) is 6.22. The molecule has 0 aliphatic heterocycles. The van der Waals surface area contributed by atoms with Crippen LogP contribution in [0.4, 0.5) is 0 Å². The summed E-state index contributed by atoms with van der Waals surface area (Å²) in [4.78, 5) is 4.72. The molecule has 1 aromatic carbocycles. The highest BCUT2D eigenvalue weighted by atomic mass is 32.3. The van der Waals surface area contributed by atoms with Gasteiger partial charge in [-0.05, 0) is 49.7 Å². The molecule has 4 heteroatoms. The Morgan fingerprint density at radius 2 is 1.50 bits per heavy atom. The van der Waals surface area contributed by atoms with Crippen molar-refractivity contribution in [3.8, 4) is 0 Å². The summed E-state index contributed by atoms with van der Waals surface area (Å²) in [5.74, 6) is 0.932. The molecule has 0 aliphatic rings. The molecule has 0 saturated heterocycles. The maximum Gasteiger partial charge on any atom is 0.215 e. The zero-order valence-corrected chi connectivity index (χ0v) is 13.7. The lowest BCUT2D eigenvalue weighted by atomic mass is 10.3. The van der Waals surface area contributed by atoms with E-state index in [1.807, 2.05) is 24.3 Å². The van der Waals surface area contributed by atoms with E-state index in [1.165, 1.54) is 0 Å². The Kier molecular flexibility index (Phi) is 3.45. The van der Waals surface area contributed by atoms with Crippen LogP contribution < -0.4 is 0 Å². The van der Waals surface area contributed by atoms with Crippen LogP contribution in [0.1, 0.15) is 10.5 Å². The van der Waals surface area contributed by atoms with Gasteiger partial charge in [-0.2, -0.15) is 0 Å². The predicted octanol–water partition coefficient (Wildman–Crippen LogP) is 4.21. The van der Waals surface area contributed by atoms with Crippen molar-refractivity contribution in [2.75, 3.05) is 37.5 Å². The summed E-state index contributed by atoms with van der Waals surface area (Å²) in [5.41, 5.74) is 1.88. The zero-order chi connectivity index (χ0) is 13.6. The highest BCUT2D eigenvalue weighted by Crippen LogP contribution is 2.68. The fraction of sp³-hybridized carbons (Fsp3) is 0.500. The van der Waals surface area contributed by atoms with E-state index < -0.39 is 20.1 Å². The Morgan fingerprint density at radius 3 is 2.00 bits per heavy atom. The second-order valence-corrected chi connectivity index (χ2v) is 15.2. The maximum atomic E-state index is 6.01. The van der Waals surface area contributed by atoms with E-state index in [9.17, 15) is 0 Å². The number of oxazole rings is 1. The quantitative estimate of drug-likeness (QED) is 0.844. The van der Waals surface area contributed by atoms with Crippen LogP contribution in [0.3, 0.4) is 0 Å². The van der Waals surface area contributed by atoms with Gasteiger partial charge in [0.2, 0.25) is 5.89 Å². The van der Waals surface area contributed by atoms with Gasteiger partial charge in [0.1, 0.15) is 5.52 Å². The lowest BCUT2D eigenvalue weighted by molar-refractivity contribution is 0.552. The van der Waals surface area contributed by atoms with Crippen LogP contribution in [0.2, 0.25) is 0 Å². The molecule has 0 fully saturated rings. The first kappa shape index (κ1) is 13.8. The fourth-order valence-electron chi connectivity index (χ4n) is 2.46. The normalized spacial score (nSPS) is 15.3. The van der Waals surface area contributed by atoms with E-state index >= 15 is 0 Å². The molecule has 18 heavy (non-hydrogen) atoms. The summed E-state index contributed by atoms with van der Waals surface area (Å²) in [6.07, 6.45) is 14.1. The van der Waals surface area contributed by atoms with Crippen molar-refractivity contribution in [1.82, 2.24) is 4.98 Å². The van der Waals surface area contributed by atoms with E-state index in [1.54, 1.807) is 0 Å². The van der Waals surface area contributed by atoms with E-state index in [4.69, 9.17) is 9.40 Å². The van der Waals surface area contributed by atoms with Gasteiger partial charge in [0, 0.05) is 0 Å². The largest absolute Gasteiger partial charge is 0.439 e. The Hall–Kier alpha value is -0.610. The molecule has 2 nitrogen and oxygen atoms in total. The number of para-hydroxylation sites is 2. The summed E-state index contributed by atoms with van der Waals surface area (Å²) in [5, 5.41) is 0. The highest BCUT2D eigenvalue weighted by Gasteiger charge is 2.34. The molecule has 2 aromatic rings. The lowest BCUT2D eigenvalue weighted by Gasteiger charge is -2.45. The van der Waals surface area contributed by atoms with Gasteiger partial charge in [0.25, 0.3) is 0 Å². The minimum absolute atomic E-state index is 0.456. The molecule has 102 valence electrons. The van der Waals surface area contributed by atoms with Crippen molar-refractivity contribution in [2.45, 2.75) is 4.58 Å². The maximum absolute atomic E-state index is 6.01. The third-order valence-corrected chi connectivity index (χ3v) is 9.23. The van der Waals surface area contributed by atoms with Crippen molar-refractivity contribution in [3.63, 3.8) is 0 Å². The van der Waals surface area contributed by atoms with Gasteiger partial charge in [-0.15, -0.1) is 0 Å². The predicted molar refractivity (Wildman–Crippen MR) is 87.5 cm³/mol. The van der Waals surface area contributed by atoms with Crippen molar-refractivity contribution in [2.24, 2.45) is 0 Å². The number of aromatic nitrogens is 1. The number of hydrogen-bond acceptors (Lipinski definition) is 2. The van der Waals surface area contributed by atoms with Crippen molar-refractivity contribution >= 4 is 31.2 Å². The first-order chi connectivity index (χ1) is 8.19. The Labute approximate surface area is 113 Å². The third-order valence-electron chi connectivity index (χ3n) is 2.80. The van der Waals surface area contributed by atoms with Crippen LogP contribution in [0.5, 0.6) is 0 Å². The Morgan fingerprint density at radius 1 is 0.944 bits per heavy atom. The first-order valence-electron chi connectivity index (χ1n) is 5.89. The Bertz CT molecular complexity index is 502. The van der Waals surface area contributed by atoms with Gasteiger partial charge in [-0.1, -0.05) is 12.1 Å². The Balaban J connectivity index is 2.55. The number of hydrogen-bond donors (Lipinski definition) is 0. The van der Waals surface area contributed by atoms with Gasteiger partial charge < -0.3 is 4.42 Å². The van der Waals surface area contributed by atoms with Gasteiger partial charge >= 0.3 is 0 Å². The smallest absolute Gasteiger partial charge is 0.215 e. The topological polar surface area (TPSA) is 26.0 Å². The lowest BCUT2D eigenvalue weighted by Crippen LogP contribution is -2.14. The molecule has 0 aliphatic carbocycles. The van der Waals surface area contributed by atoms with Gasteiger partial charge in [-0.3, -0.25) is 0 Å². The average molecular weight is 285 g/mol. The summed E-state index contributed by atoms with van der Waals surface area (Å²) in [6, 6.07) is 8.03. The summed E-state index contributed by atoms with van der Waals surface area (Å²) < 4.78 is 6.47. The standard InChI is InChI=1S/C14H23NOS2/c1-17(2,3)14(18(4,5)6)13-15-11-9-7-8-10-12(11)16-13/h7-10,14H,1-6H3. The van der Waals surface area contributed by atoms with E-state index in [0.717, 1.165) is 17.0 Å². The molecule has 0 saturated carbocycles. The summed E-state index contributed by atoms with van der Waals surface area (Å²) in [7, 11) is -1.49. The second kappa shape index (κ2) is 4.49. The molecule has 0 unspecified atom stereocenters. The van der Waals surface area contributed by atoms with Gasteiger partial charge in [0.05, 0.1) is 4.58 Å². The molecule has 0 bridgehead atoms. The SMILES string of the molecule is CS(C)(C)C(c1nc2ccccc2o1)S(C)(C)C. The molecular formula is C14H23NOS2. The number of benzene rings is 1. The monoisotopic (exact) mass is 285 g/mol. The number of rotatable bonds is 3. The van der Waals surface area contributed by atoms with Crippen LogP contribution >= 0.6 is 20.1 Å². The average Bonchev–Trinajstić information content (AvgIpc) is 2.54. The molecule has 2 rings (SSSR count). The molecule has 1 aromatic heterocycles. The molecule has 0 N–H and O–H groups in total. The van der Waals surface area contributed by atoms with Gasteiger partial charge in [-0.25, -0.2) is 25.0 Å². The number of fused-ring (bicyclic) bond motifs is 1. The van der Waals surface area contributed by atoms with Crippen LogP contribution in [-0.2, 0) is 0 Å². The van der Waals surface area contributed by atoms with Crippen LogP contribution in [0, 0.1) is 0 Å². The molecule has 0 spiro atoms. The molecule has 0 radical (unpaired) electrons. The van der Waals surface area contributed by atoms with Crippen molar-refractivity contribution in [3.05, 3.63) is 30.2 Å². The molecule has 0 amide bonds. The first-order valence-corrected chi connectivity index (χ1v) is 11.7. The van der Waals surface area contributed by atoms with E-state index in [2.05, 4.69) is 37.5 Å². The van der Waals surface area contributed by atoms with Crippen molar-refractivity contribution < 1.29 is 4.42 Å².